The van der Waals surface area contributed by atoms with Gasteiger partial charge in [-0.3, -0.25) is 14.4 Å². The fourth-order valence-corrected chi connectivity index (χ4v) is 6.33. The molecule has 1 N–H and O–H groups in total. The maximum Gasteiger partial charge on any atom is 0.325 e. The normalized spacial score (nSPS) is 34.8. The van der Waals surface area contributed by atoms with Gasteiger partial charge >= 0.3 is 5.97 Å². The van der Waals surface area contributed by atoms with Gasteiger partial charge in [-0.05, 0) is 69.1 Å². The molecule has 1 aliphatic heterocycles. The molecule has 4 aliphatic carbocycles. The van der Waals surface area contributed by atoms with Crippen molar-refractivity contribution in [2.75, 3.05) is 26.2 Å². The molecule has 27 heavy (non-hydrogen) atoms. The predicted octanol–water partition coefficient (Wildman–Crippen LogP) is 2.26. The standard InChI is InChI=1S/C21H32N2O4/c24-18(23-5-3-1-2-4-6-23)14-27-19(25)13-22-20(26)21-10-15-7-16(11-21)9-17(8-15)12-21/h15-17H,1-14H2,(H,22,26). The number of ether oxygens (including phenoxy) is 1. The van der Waals surface area contributed by atoms with Crippen molar-refractivity contribution in [1.29, 1.82) is 0 Å². The Morgan fingerprint density at radius 3 is 2.00 bits per heavy atom. The molecule has 5 aliphatic rings. The van der Waals surface area contributed by atoms with Gasteiger partial charge in [0, 0.05) is 18.5 Å². The molecule has 0 aromatic heterocycles. The summed E-state index contributed by atoms with van der Waals surface area (Å²) in [6, 6.07) is 0. The largest absolute Gasteiger partial charge is 0.454 e. The van der Waals surface area contributed by atoms with E-state index in [0.29, 0.717) is 17.8 Å². The van der Waals surface area contributed by atoms with Gasteiger partial charge in [-0.25, -0.2) is 0 Å². The first kappa shape index (κ1) is 18.8. The van der Waals surface area contributed by atoms with Crippen molar-refractivity contribution in [2.24, 2.45) is 23.2 Å². The molecule has 6 heteroatoms. The second kappa shape index (κ2) is 7.80. The van der Waals surface area contributed by atoms with Crippen LogP contribution in [0.5, 0.6) is 0 Å². The van der Waals surface area contributed by atoms with E-state index >= 15 is 0 Å². The Labute approximate surface area is 161 Å². The molecule has 0 unspecified atom stereocenters. The van der Waals surface area contributed by atoms with E-state index in [4.69, 9.17) is 4.74 Å². The van der Waals surface area contributed by atoms with E-state index in [1.165, 1.54) is 19.3 Å². The molecule has 6 nitrogen and oxygen atoms in total. The fourth-order valence-electron chi connectivity index (χ4n) is 6.33. The van der Waals surface area contributed by atoms with Crippen molar-refractivity contribution in [3.8, 4) is 0 Å². The molecule has 5 rings (SSSR count). The van der Waals surface area contributed by atoms with Gasteiger partial charge in [0.25, 0.3) is 5.91 Å². The third-order valence-corrected chi connectivity index (χ3v) is 7.23. The highest BCUT2D eigenvalue weighted by molar-refractivity contribution is 5.87. The monoisotopic (exact) mass is 376 g/mol. The number of nitrogens with zero attached hydrogens (tertiary/aromatic N) is 1. The summed E-state index contributed by atoms with van der Waals surface area (Å²) in [6.45, 7) is 1.15. The Morgan fingerprint density at radius 2 is 1.44 bits per heavy atom. The van der Waals surface area contributed by atoms with E-state index in [-0.39, 0.29) is 30.4 Å². The lowest BCUT2D eigenvalue weighted by Crippen LogP contribution is -2.54. The van der Waals surface area contributed by atoms with E-state index in [2.05, 4.69) is 5.32 Å². The van der Waals surface area contributed by atoms with Crippen LogP contribution in [-0.2, 0) is 19.1 Å². The molecule has 150 valence electrons. The van der Waals surface area contributed by atoms with Crippen molar-refractivity contribution in [3.63, 3.8) is 0 Å². The Hall–Kier alpha value is -1.59. The van der Waals surface area contributed by atoms with E-state index in [0.717, 1.165) is 58.0 Å². The number of hydrogen-bond acceptors (Lipinski definition) is 4. The minimum atomic E-state index is -0.517. The van der Waals surface area contributed by atoms with Crippen LogP contribution in [0.2, 0.25) is 0 Å². The smallest absolute Gasteiger partial charge is 0.325 e. The summed E-state index contributed by atoms with van der Waals surface area (Å²) in [5.41, 5.74) is -0.253. The first-order valence-electron chi connectivity index (χ1n) is 10.8. The average molecular weight is 376 g/mol. The summed E-state index contributed by atoms with van der Waals surface area (Å²) < 4.78 is 5.12. The molecule has 1 saturated heterocycles. The molecule has 1 heterocycles. The van der Waals surface area contributed by atoms with Gasteiger partial charge in [0.15, 0.2) is 6.61 Å². The molecule has 0 aromatic carbocycles. The molecule has 2 amide bonds. The molecular weight excluding hydrogens is 344 g/mol. The van der Waals surface area contributed by atoms with Crippen molar-refractivity contribution in [3.05, 3.63) is 0 Å². The topological polar surface area (TPSA) is 75.7 Å². The lowest BCUT2D eigenvalue weighted by atomic mass is 9.49. The zero-order valence-corrected chi connectivity index (χ0v) is 16.2. The van der Waals surface area contributed by atoms with Gasteiger partial charge in [0.2, 0.25) is 5.91 Å². The highest BCUT2D eigenvalue weighted by atomic mass is 16.5. The quantitative estimate of drug-likeness (QED) is 0.747. The highest BCUT2D eigenvalue weighted by Crippen LogP contribution is 2.60. The Morgan fingerprint density at radius 1 is 0.889 bits per heavy atom. The van der Waals surface area contributed by atoms with Crippen LogP contribution in [0.4, 0.5) is 0 Å². The molecule has 0 aromatic rings. The van der Waals surface area contributed by atoms with Gasteiger partial charge < -0.3 is 15.0 Å². The Bertz CT molecular complexity index is 560. The van der Waals surface area contributed by atoms with Crippen molar-refractivity contribution >= 4 is 17.8 Å². The van der Waals surface area contributed by atoms with Crippen LogP contribution < -0.4 is 5.32 Å². The van der Waals surface area contributed by atoms with Gasteiger partial charge in [0.1, 0.15) is 6.54 Å². The summed E-state index contributed by atoms with van der Waals surface area (Å²) in [4.78, 5) is 38.8. The van der Waals surface area contributed by atoms with Crippen LogP contribution in [-0.4, -0.2) is 48.9 Å². The second-order valence-corrected chi connectivity index (χ2v) is 9.34. The van der Waals surface area contributed by atoms with Gasteiger partial charge in [-0.1, -0.05) is 12.8 Å². The summed E-state index contributed by atoms with van der Waals surface area (Å²) in [7, 11) is 0. The molecule has 0 atom stereocenters. The van der Waals surface area contributed by atoms with Crippen LogP contribution in [0.25, 0.3) is 0 Å². The van der Waals surface area contributed by atoms with Crippen LogP contribution in [0.1, 0.15) is 64.2 Å². The number of amides is 2. The molecule has 4 saturated carbocycles. The molecule has 5 fully saturated rings. The first-order chi connectivity index (χ1) is 13.0. The maximum atomic E-state index is 12.8. The fraction of sp³-hybridized carbons (Fsp3) is 0.857. The number of carbonyl (C=O) groups excluding carboxylic acids is 3. The third kappa shape index (κ3) is 4.14. The van der Waals surface area contributed by atoms with Gasteiger partial charge in [0.05, 0.1) is 0 Å². The number of hydrogen-bond donors (Lipinski definition) is 1. The van der Waals surface area contributed by atoms with E-state index in [1.807, 2.05) is 0 Å². The van der Waals surface area contributed by atoms with Crippen LogP contribution >= 0.6 is 0 Å². The number of carbonyl (C=O) groups is 3. The zero-order valence-electron chi connectivity index (χ0n) is 16.2. The van der Waals surface area contributed by atoms with Crippen LogP contribution in [0, 0.1) is 23.2 Å². The maximum absolute atomic E-state index is 12.8. The molecule has 0 spiro atoms. The van der Waals surface area contributed by atoms with E-state index in [1.54, 1.807) is 4.90 Å². The number of esters is 1. The highest BCUT2D eigenvalue weighted by Gasteiger charge is 2.54. The zero-order chi connectivity index (χ0) is 18.9. The van der Waals surface area contributed by atoms with Crippen LogP contribution in [0.3, 0.4) is 0 Å². The SMILES string of the molecule is O=C(CNC(=O)C12CC3CC(CC(C3)C1)C2)OCC(=O)N1CCCCCC1. The van der Waals surface area contributed by atoms with Crippen molar-refractivity contribution in [2.45, 2.75) is 64.2 Å². The average Bonchev–Trinajstić information content (AvgIpc) is 2.92. The molecular formula is C21H32N2O4. The van der Waals surface area contributed by atoms with Gasteiger partial charge in [-0.2, -0.15) is 0 Å². The predicted molar refractivity (Wildman–Crippen MR) is 99.6 cm³/mol. The Balaban J connectivity index is 1.21. The van der Waals surface area contributed by atoms with Crippen LogP contribution in [0.15, 0.2) is 0 Å². The summed E-state index contributed by atoms with van der Waals surface area (Å²) in [6.07, 6.45) is 11.1. The number of likely N-dealkylation sites (tertiary alicyclic amines) is 1. The van der Waals surface area contributed by atoms with Crippen molar-refractivity contribution < 1.29 is 19.1 Å². The minimum absolute atomic E-state index is 0.0254. The van der Waals surface area contributed by atoms with E-state index < -0.39 is 5.97 Å². The van der Waals surface area contributed by atoms with E-state index in [9.17, 15) is 14.4 Å². The van der Waals surface area contributed by atoms with Gasteiger partial charge in [-0.15, -0.1) is 0 Å². The number of rotatable bonds is 5. The lowest BCUT2D eigenvalue weighted by Gasteiger charge is -2.55. The molecule has 4 bridgehead atoms. The second-order valence-electron chi connectivity index (χ2n) is 9.34. The Kier molecular flexibility index (Phi) is 5.42. The van der Waals surface area contributed by atoms with Crippen molar-refractivity contribution in [1.82, 2.24) is 10.2 Å². The minimum Gasteiger partial charge on any atom is -0.454 e. The number of nitrogens with one attached hydrogen (secondary N) is 1. The lowest BCUT2D eigenvalue weighted by molar-refractivity contribution is -0.154. The summed E-state index contributed by atoms with van der Waals surface area (Å²) >= 11 is 0. The molecule has 0 radical (unpaired) electrons. The first-order valence-corrected chi connectivity index (χ1v) is 10.8. The third-order valence-electron chi connectivity index (χ3n) is 7.23. The summed E-state index contributed by atoms with van der Waals surface area (Å²) in [5, 5.41) is 2.81. The summed E-state index contributed by atoms with van der Waals surface area (Å²) in [5.74, 6) is 1.46.